The van der Waals surface area contributed by atoms with Gasteiger partial charge in [0, 0.05) is 12.8 Å². The van der Waals surface area contributed by atoms with Crippen LogP contribution in [0.15, 0.2) is 17.9 Å². The second-order valence-electron chi connectivity index (χ2n) is 17.9. The van der Waals surface area contributed by atoms with Crippen molar-refractivity contribution in [1.29, 1.82) is 0 Å². The smallest absolute Gasteiger partial charge is 0.306 e. The van der Waals surface area contributed by atoms with E-state index in [0.29, 0.717) is 12.8 Å². The second-order valence-corrected chi connectivity index (χ2v) is 19.4. The fraction of sp³-hybridized carbons (Fsp3) is 0.900. The predicted octanol–water partition coefficient (Wildman–Crippen LogP) is 11.2. The molecule has 0 bridgehead atoms. The quantitative estimate of drug-likeness (QED) is 0.0197. The van der Waals surface area contributed by atoms with Crippen LogP contribution < -0.4 is 0 Å². The minimum Gasteiger partial charge on any atom is -0.462 e. The topological polar surface area (TPSA) is 186 Å². The molecular formula is C50H92O12S. The molecule has 1 rings (SSSR count). The third kappa shape index (κ3) is 35.1. The minimum absolute atomic E-state index is 0.147. The van der Waals surface area contributed by atoms with Crippen molar-refractivity contribution in [2.45, 2.75) is 269 Å². The zero-order valence-electron chi connectivity index (χ0n) is 39.7. The molecule has 4 N–H and O–H groups in total. The first-order chi connectivity index (χ1) is 30.5. The Labute approximate surface area is 383 Å². The Morgan fingerprint density at radius 3 is 1.38 bits per heavy atom. The van der Waals surface area contributed by atoms with E-state index in [2.05, 4.69) is 31.7 Å². The maximum atomic E-state index is 12.8. The molecular weight excluding hydrogens is 825 g/mol. The molecule has 0 aromatic carbocycles. The van der Waals surface area contributed by atoms with Gasteiger partial charge in [0.15, 0.2) is 12.4 Å². The highest BCUT2D eigenvalue weighted by Crippen LogP contribution is 2.24. The summed E-state index contributed by atoms with van der Waals surface area (Å²) in [5, 5.41) is 30.9. The maximum Gasteiger partial charge on any atom is 0.306 e. The van der Waals surface area contributed by atoms with Crippen LogP contribution in [-0.2, 0) is 38.7 Å². The van der Waals surface area contributed by atoms with Crippen LogP contribution in [0.2, 0.25) is 0 Å². The normalized spacial score (nSPS) is 19.4. The molecule has 0 aromatic rings. The van der Waals surface area contributed by atoms with Gasteiger partial charge in [-0.25, -0.2) is 0 Å². The standard InChI is InChI=1S/C50H92O12S/c1-3-5-7-9-11-13-15-17-19-20-21-22-23-25-26-28-30-32-34-36-38-45(51)59-40-43(41-60-50-49(55)48(54)47(53)44(62-50)42-63(56,57)58)61-46(52)39-37-35-33-31-29-27-24-18-16-14-12-10-8-6-4-2/h16,24,43-44,47-50,53-55H,3-15,17,19-23,25-42H2,1-2H3,(H,56,57,58)/t18?,43-,44-,47-,48?,49?,50+/m1/s1. The van der Waals surface area contributed by atoms with Gasteiger partial charge in [-0.3, -0.25) is 14.1 Å². The molecule has 0 amide bonds. The van der Waals surface area contributed by atoms with Crippen LogP contribution in [0.4, 0.5) is 0 Å². The first kappa shape index (κ1) is 59.2. The van der Waals surface area contributed by atoms with Crippen LogP contribution in [0.3, 0.4) is 0 Å². The summed E-state index contributed by atoms with van der Waals surface area (Å²) in [6.45, 7) is 3.76. The predicted molar refractivity (Wildman–Crippen MR) is 251 cm³/mol. The number of hydrogen-bond donors (Lipinski definition) is 4. The van der Waals surface area contributed by atoms with Gasteiger partial charge in [0.2, 0.25) is 0 Å². The van der Waals surface area contributed by atoms with E-state index < -0.39 is 71.2 Å². The lowest BCUT2D eigenvalue weighted by molar-refractivity contribution is -0.297. The largest absolute Gasteiger partial charge is 0.462 e. The van der Waals surface area contributed by atoms with Gasteiger partial charge in [-0.1, -0.05) is 181 Å². The number of carbonyl (C=O) groups is 2. The van der Waals surface area contributed by atoms with Gasteiger partial charge in [0.05, 0.1) is 6.61 Å². The van der Waals surface area contributed by atoms with E-state index in [1.54, 1.807) is 0 Å². The van der Waals surface area contributed by atoms with Gasteiger partial charge in [0.1, 0.15) is 36.8 Å². The number of allylic oxidation sites excluding steroid dienone is 1. The number of unbranched alkanes of at least 4 members (excludes halogenated alkanes) is 29. The van der Waals surface area contributed by atoms with Crippen molar-refractivity contribution >= 4 is 22.1 Å². The van der Waals surface area contributed by atoms with E-state index in [0.717, 1.165) is 57.8 Å². The molecule has 1 saturated heterocycles. The van der Waals surface area contributed by atoms with E-state index in [1.807, 2.05) is 0 Å². The summed E-state index contributed by atoms with van der Waals surface area (Å²) in [6, 6.07) is 0. The van der Waals surface area contributed by atoms with E-state index in [1.165, 1.54) is 135 Å². The van der Waals surface area contributed by atoms with Crippen LogP contribution in [-0.4, -0.2) is 96.0 Å². The summed E-state index contributed by atoms with van der Waals surface area (Å²) in [7, 11) is -4.60. The monoisotopic (exact) mass is 917 g/mol. The molecule has 0 spiro atoms. The molecule has 1 aliphatic heterocycles. The molecule has 2 unspecified atom stereocenters. The van der Waals surface area contributed by atoms with Gasteiger partial charge < -0.3 is 34.3 Å². The molecule has 6 atom stereocenters. The molecule has 0 radical (unpaired) electrons. The number of hydrogen-bond acceptors (Lipinski definition) is 11. The van der Waals surface area contributed by atoms with Crippen LogP contribution in [0.1, 0.15) is 232 Å². The molecule has 0 aromatic heterocycles. The lowest BCUT2D eigenvalue weighted by atomic mass is 10.00. The fourth-order valence-electron chi connectivity index (χ4n) is 7.89. The van der Waals surface area contributed by atoms with Crippen molar-refractivity contribution in [1.82, 2.24) is 0 Å². The van der Waals surface area contributed by atoms with Gasteiger partial charge in [-0.2, -0.15) is 8.42 Å². The summed E-state index contributed by atoms with van der Waals surface area (Å²) in [4.78, 5) is 25.5. The summed E-state index contributed by atoms with van der Waals surface area (Å²) in [5.41, 5.74) is 3.28. The number of rotatable bonds is 43. The molecule has 1 heterocycles. The van der Waals surface area contributed by atoms with Crippen LogP contribution in [0.5, 0.6) is 0 Å². The average Bonchev–Trinajstić information content (AvgIpc) is 3.25. The van der Waals surface area contributed by atoms with Gasteiger partial charge in [0.25, 0.3) is 10.1 Å². The van der Waals surface area contributed by atoms with Gasteiger partial charge >= 0.3 is 11.9 Å². The van der Waals surface area contributed by atoms with Gasteiger partial charge in [-0.15, -0.1) is 5.73 Å². The Morgan fingerprint density at radius 2 is 0.952 bits per heavy atom. The minimum atomic E-state index is -4.60. The lowest BCUT2D eigenvalue weighted by Crippen LogP contribution is -2.60. The number of ether oxygens (including phenoxy) is 4. The van der Waals surface area contributed by atoms with Crippen molar-refractivity contribution in [2.75, 3.05) is 19.0 Å². The highest BCUT2D eigenvalue weighted by Gasteiger charge is 2.46. The van der Waals surface area contributed by atoms with Crippen LogP contribution in [0.25, 0.3) is 0 Å². The number of aliphatic hydroxyl groups is 3. The fourth-order valence-corrected chi connectivity index (χ4v) is 8.58. The zero-order valence-corrected chi connectivity index (χ0v) is 40.6. The lowest BCUT2D eigenvalue weighted by Gasteiger charge is -2.40. The Kier molecular flexibility index (Phi) is 38.0. The van der Waals surface area contributed by atoms with Crippen molar-refractivity contribution in [3.8, 4) is 0 Å². The molecule has 0 aliphatic carbocycles. The molecule has 12 nitrogen and oxygen atoms in total. The van der Waals surface area contributed by atoms with Crippen LogP contribution in [0, 0.1) is 0 Å². The first-order valence-electron chi connectivity index (χ1n) is 25.5. The van der Waals surface area contributed by atoms with E-state index >= 15 is 0 Å². The van der Waals surface area contributed by atoms with E-state index in [-0.39, 0.29) is 19.4 Å². The maximum absolute atomic E-state index is 12.8. The number of aliphatic hydroxyl groups excluding tert-OH is 3. The third-order valence-electron chi connectivity index (χ3n) is 11.9. The Morgan fingerprint density at radius 1 is 0.556 bits per heavy atom. The Balaban J connectivity index is 2.37. The highest BCUT2D eigenvalue weighted by molar-refractivity contribution is 7.85. The van der Waals surface area contributed by atoms with E-state index in [9.17, 15) is 37.9 Å². The summed E-state index contributed by atoms with van der Waals surface area (Å²) in [6.07, 6.45) is 33.2. The first-order valence-corrected chi connectivity index (χ1v) is 27.1. The van der Waals surface area contributed by atoms with Crippen molar-refractivity contribution in [2.24, 2.45) is 0 Å². The van der Waals surface area contributed by atoms with Crippen molar-refractivity contribution in [3.63, 3.8) is 0 Å². The SMILES string of the molecule is CCCCCCCC=C=CCCCCCCCC(=O)O[C@H](COC(=O)CCCCCCCCCCCCCCCCCCCCCC)CO[C@H]1O[C@H](CS(=O)(=O)O)[C@@H](O)C(O)C1O. The Bertz CT molecular complexity index is 1270. The highest BCUT2D eigenvalue weighted by atomic mass is 32.2. The summed E-state index contributed by atoms with van der Waals surface area (Å²) >= 11 is 0. The number of esters is 2. The molecule has 0 saturated carbocycles. The molecule has 1 fully saturated rings. The van der Waals surface area contributed by atoms with Gasteiger partial charge in [-0.05, 0) is 50.7 Å². The van der Waals surface area contributed by atoms with Crippen LogP contribution >= 0.6 is 0 Å². The molecule has 63 heavy (non-hydrogen) atoms. The number of carbonyl (C=O) groups excluding carboxylic acids is 2. The third-order valence-corrected chi connectivity index (χ3v) is 12.6. The zero-order chi connectivity index (χ0) is 46.2. The van der Waals surface area contributed by atoms with E-state index in [4.69, 9.17) is 18.9 Å². The molecule has 1 aliphatic rings. The Hall–Kier alpha value is -1.83. The molecule has 13 heteroatoms. The average molecular weight is 917 g/mol. The van der Waals surface area contributed by atoms with Crippen molar-refractivity contribution < 1.29 is 56.8 Å². The second kappa shape index (κ2) is 40.4. The summed E-state index contributed by atoms with van der Waals surface area (Å²) in [5.74, 6) is -1.99. The summed E-state index contributed by atoms with van der Waals surface area (Å²) < 4.78 is 54.2. The van der Waals surface area contributed by atoms with Crippen molar-refractivity contribution in [3.05, 3.63) is 17.9 Å². The molecule has 370 valence electrons.